The molecule has 0 unspecified atom stereocenters. The molecule has 0 radical (unpaired) electrons. The van der Waals surface area contributed by atoms with Crippen LogP contribution in [0.1, 0.15) is 161 Å². The van der Waals surface area contributed by atoms with Gasteiger partial charge in [-0.1, -0.05) is 175 Å². The summed E-state index contributed by atoms with van der Waals surface area (Å²) in [7, 11) is -4.39. The molecule has 2 saturated heterocycles. The third-order valence-electron chi connectivity index (χ3n) is 13.4. The number of ether oxygens (including phenoxy) is 4. The average molecular weight is 1050 g/mol. The summed E-state index contributed by atoms with van der Waals surface area (Å²) in [5.74, 6) is -0.575. The molecule has 2 aromatic carbocycles. The van der Waals surface area contributed by atoms with Crippen LogP contribution in [0.4, 0.5) is 0 Å². The third-order valence-corrected chi connectivity index (χ3v) is 27.0. The minimum atomic E-state index is -2.20. The topological polar surface area (TPSA) is 96.1 Å². The van der Waals surface area contributed by atoms with Crippen molar-refractivity contribution in [2.75, 3.05) is 13.2 Å². The van der Waals surface area contributed by atoms with Crippen molar-refractivity contribution in [3.8, 4) is 0 Å². The van der Waals surface area contributed by atoms with Crippen LogP contribution in [0.3, 0.4) is 0 Å². The van der Waals surface area contributed by atoms with Crippen molar-refractivity contribution in [3.63, 3.8) is 0 Å². The van der Waals surface area contributed by atoms with Gasteiger partial charge in [-0.2, -0.15) is 0 Å². The number of halogens is 2. The summed E-state index contributed by atoms with van der Waals surface area (Å²) in [6.07, 6.45) is 4.89. The fourth-order valence-corrected chi connectivity index (χ4v) is 22.3. The quantitative estimate of drug-likeness (QED) is 0.0498. The number of carbonyl (C=O) groups is 2. The van der Waals surface area contributed by atoms with Crippen LogP contribution in [0.2, 0.25) is 33.2 Å². The van der Waals surface area contributed by atoms with Crippen molar-refractivity contribution < 1.29 is 37.4 Å². The number of epoxide rings is 2. The Bertz CT molecular complexity index is 1720. The van der Waals surface area contributed by atoms with Crippen molar-refractivity contribution in [3.05, 3.63) is 91.9 Å². The molecule has 6 atom stereocenters. The maximum Gasteiger partial charge on any atom is 0.302 e. The molecule has 2 aliphatic heterocycles. The molecule has 0 spiro atoms. The molecule has 0 aromatic heterocycles. The largest absolute Gasteiger partial charge is 0.463 e. The fourth-order valence-electron chi connectivity index (χ4n) is 10.2. The van der Waals surface area contributed by atoms with Crippen LogP contribution in [0.5, 0.6) is 0 Å². The molecule has 8 nitrogen and oxygen atoms in total. The number of allylic oxidation sites excluding steroid dienone is 2. The normalized spacial score (nSPS) is 21.7. The minimum absolute atomic E-state index is 0.181. The molecule has 0 saturated carbocycles. The van der Waals surface area contributed by atoms with E-state index >= 15 is 0 Å². The lowest BCUT2D eigenvalue weighted by Gasteiger charge is -2.44. The number of rotatable bonds is 22. The second-order valence-corrected chi connectivity index (χ2v) is 33.0. The van der Waals surface area contributed by atoms with E-state index in [1.807, 2.05) is 24.3 Å². The van der Waals surface area contributed by atoms with E-state index in [2.05, 4.69) is 179 Å². The van der Waals surface area contributed by atoms with Gasteiger partial charge in [0.05, 0.1) is 0 Å². The Morgan fingerprint density at radius 1 is 0.547 bits per heavy atom. The number of carbonyl (C=O) groups excluding carboxylic acids is 2. The van der Waals surface area contributed by atoms with Gasteiger partial charge >= 0.3 is 11.9 Å². The summed E-state index contributed by atoms with van der Waals surface area (Å²) < 4.78 is 40.4. The second-order valence-electron chi connectivity index (χ2n) is 20.5. The molecule has 0 N–H and O–H groups in total. The first-order valence-corrected chi connectivity index (χ1v) is 29.3. The predicted molar refractivity (Wildman–Crippen MR) is 275 cm³/mol. The number of benzene rings is 2. The Morgan fingerprint density at radius 2 is 0.828 bits per heavy atom. The van der Waals surface area contributed by atoms with E-state index in [1.54, 1.807) is 0 Å². The maximum atomic E-state index is 11.6. The summed E-state index contributed by atoms with van der Waals surface area (Å²) >= 11 is 7.51. The Labute approximate surface area is 406 Å². The molecule has 4 rings (SSSR count). The van der Waals surface area contributed by atoms with Gasteiger partial charge in [0.25, 0.3) is 0 Å². The van der Waals surface area contributed by atoms with Crippen LogP contribution >= 0.6 is 31.9 Å². The molecule has 360 valence electrons. The smallest absolute Gasteiger partial charge is 0.302 e. The molecular formula is C52H82Br2O8Si2. The zero-order valence-corrected chi connectivity index (χ0v) is 47.6. The summed E-state index contributed by atoms with van der Waals surface area (Å²) in [6.45, 7) is 39.2. The first kappa shape index (κ1) is 56.4. The van der Waals surface area contributed by atoms with Gasteiger partial charge in [-0.3, -0.25) is 9.59 Å². The first-order valence-electron chi connectivity index (χ1n) is 23.5. The Kier molecular flexibility index (Phi) is 21.1. The van der Waals surface area contributed by atoms with Crippen LogP contribution in [0.15, 0.2) is 80.8 Å². The van der Waals surface area contributed by atoms with Gasteiger partial charge in [-0.05, 0) is 84.2 Å². The highest BCUT2D eigenvalue weighted by Crippen LogP contribution is 2.56. The van der Waals surface area contributed by atoms with Gasteiger partial charge in [-0.15, -0.1) is 0 Å². The van der Waals surface area contributed by atoms with Crippen molar-refractivity contribution in [2.24, 2.45) is 0 Å². The molecule has 0 aliphatic carbocycles. The van der Waals surface area contributed by atoms with Gasteiger partial charge < -0.3 is 27.8 Å². The lowest BCUT2D eigenvalue weighted by Crippen LogP contribution is -2.49. The summed E-state index contributed by atoms with van der Waals surface area (Å²) in [5, 5.41) is 0. The summed E-state index contributed by atoms with van der Waals surface area (Å²) in [4.78, 5) is 23.3. The number of hydrogen-bond donors (Lipinski definition) is 0. The summed E-state index contributed by atoms with van der Waals surface area (Å²) in [6, 6.07) is 16.5. The molecule has 0 bridgehead atoms. The van der Waals surface area contributed by atoms with E-state index in [0.29, 0.717) is 46.1 Å². The van der Waals surface area contributed by atoms with Gasteiger partial charge in [0.15, 0.2) is 0 Å². The van der Waals surface area contributed by atoms with Crippen LogP contribution < -0.4 is 0 Å². The minimum Gasteiger partial charge on any atom is -0.463 e. The van der Waals surface area contributed by atoms with Crippen molar-refractivity contribution >= 4 is 60.4 Å². The second kappa shape index (κ2) is 23.9. The van der Waals surface area contributed by atoms with Crippen molar-refractivity contribution in [2.45, 2.75) is 206 Å². The molecule has 0 amide bonds. The highest BCUT2D eigenvalue weighted by atomic mass is 79.9. The van der Waals surface area contributed by atoms with E-state index in [1.165, 1.54) is 25.0 Å². The number of hydrogen-bond acceptors (Lipinski definition) is 8. The predicted octanol–water partition coefficient (Wildman–Crippen LogP) is 15.5. The van der Waals surface area contributed by atoms with Gasteiger partial charge in [0.2, 0.25) is 16.6 Å². The maximum absolute atomic E-state index is 11.6. The fraction of sp³-hybridized carbons (Fsp3) is 0.654. The van der Waals surface area contributed by atoms with Crippen LogP contribution in [0.25, 0.3) is 0 Å². The zero-order valence-electron chi connectivity index (χ0n) is 42.4. The molecule has 2 aliphatic rings. The van der Waals surface area contributed by atoms with E-state index in [-0.39, 0.29) is 49.6 Å². The highest BCUT2D eigenvalue weighted by Gasteiger charge is 2.64. The van der Waals surface area contributed by atoms with Gasteiger partial charge in [0.1, 0.15) is 48.8 Å². The number of esters is 2. The van der Waals surface area contributed by atoms with Gasteiger partial charge in [0, 0.05) is 35.6 Å². The van der Waals surface area contributed by atoms with E-state index in [0.717, 1.165) is 20.1 Å². The molecule has 2 heterocycles. The molecular weight excluding hydrogens is 969 g/mol. The Hall–Kier alpha value is -1.91. The highest BCUT2D eigenvalue weighted by molar-refractivity contribution is 9.10. The molecule has 2 aromatic rings. The molecule has 12 heteroatoms. The summed E-state index contributed by atoms with van der Waals surface area (Å²) in [5.41, 5.74) is 6.21. The zero-order chi connectivity index (χ0) is 48.5. The van der Waals surface area contributed by atoms with E-state index in [4.69, 9.17) is 27.8 Å². The standard InChI is InChI=1S/2C26H41BrO4Si/c2*1-17(2)14-15-26(16-29-21(9)28)25(30-26)24(22-12-10-11-13-23(22)27)31-32(18(3)4,19(5)6)20(7)8/h2*10-14,18-20,24-25H,15-16H2,1-9H3/t2*24-,25+,26-/m00/s1. The van der Waals surface area contributed by atoms with E-state index in [9.17, 15) is 9.59 Å². The third kappa shape index (κ3) is 13.6. The lowest BCUT2D eigenvalue weighted by atomic mass is 9.94. The SMILES string of the molecule is CC(=O)OC[C@]1(CC=C(C)C)O[C@@H]1[C@@H](O[Si](C(C)C)(C(C)C)C(C)C)c1ccccc1Br.CC(=O)OC[C@]1(CC=C(C)C)O[C@@H]1[C@@H](O[Si](C(C)C)(C(C)C)C(C)C)c1ccccc1Br. The molecule has 2 fully saturated rings. The monoisotopic (exact) mass is 1050 g/mol. The Balaban J connectivity index is 0.000000340. The first-order chi connectivity index (χ1) is 29.7. The van der Waals surface area contributed by atoms with Crippen LogP contribution in [-0.4, -0.2) is 65.2 Å². The lowest BCUT2D eigenvalue weighted by molar-refractivity contribution is -0.143. The van der Waals surface area contributed by atoms with Crippen molar-refractivity contribution in [1.82, 2.24) is 0 Å². The van der Waals surface area contributed by atoms with Gasteiger partial charge in [-0.25, -0.2) is 0 Å². The van der Waals surface area contributed by atoms with Crippen LogP contribution in [0, 0.1) is 0 Å². The van der Waals surface area contributed by atoms with Crippen LogP contribution in [-0.2, 0) is 37.4 Å². The average Bonchev–Trinajstić information content (AvgIpc) is 4.10. The molecule has 64 heavy (non-hydrogen) atoms. The van der Waals surface area contributed by atoms with E-state index < -0.39 is 27.8 Å². The Morgan fingerprint density at radius 3 is 1.06 bits per heavy atom. The van der Waals surface area contributed by atoms with Crippen molar-refractivity contribution in [1.29, 1.82) is 0 Å².